The number of halogens is 1. The van der Waals surface area contributed by atoms with Gasteiger partial charge in [0.05, 0.1) is 4.92 Å². The topological polar surface area (TPSA) is 63.5 Å². The summed E-state index contributed by atoms with van der Waals surface area (Å²) < 4.78 is 13.2. The molecule has 5 nitrogen and oxygen atoms in total. The van der Waals surface area contributed by atoms with Gasteiger partial charge in [0, 0.05) is 24.2 Å². The molecule has 2 rings (SSSR count). The fraction of sp³-hybridized carbons (Fsp3) is 0.462. The van der Waals surface area contributed by atoms with E-state index in [-0.39, 0.29) is 17.5 Å². The van der Waals surface area contributed by atoms with Gasteiger partial charge in [-0.25, -0.2) is 0 Å². The van der Waals surface area contributed by atoms with Gasteiger partial charge < -0.3 is 4.90 Å². The summed E-state index contributed by atoms with van der Waals surface area (Å²) in [6, 6.07) is 3.40. The number of likely N-dealkylation sites (tertiary alicyclic amines) is 1. The van der Waals surface area contributed by atoms with Gasteiger partial charge in [-0.15, -0.1) is 0 Å². The van der Waals surface area contributed by atoms with Crippen LogP contribution in [0.3, 0.4) is 0 Å². The molecule has 1 aliphatic rings. The van der Waals surface area contributed by atoms with Crippen LogP contribution in [0.25, 0.3) is 0 Å². The molecule has 1 aromatic carbocycles. The first kappa shape index (κ1) is 13.5. The minimum atomic E-state index is -0.923. The molecule has 1 aliphatic heterocycles. The summed E-state index contributed by atoms with van der Waals surface area (Å²) in [6.07, 6.45) is 2.93. The van der Waals surface area contributed by atoms with Gasteiger partial charge in [0.25, 0.3) is 5.91 Å². The van der Waals surface area contributed by atoms with Crippen molar-refractivity contribution in [1.82, 2.24) is 4.90 Å². The number of rotatable bonds is 2. The van der Waals surface area contributed by atoms with Crippen LogP contribution in [-0.4, -0.2) is 28.3 Å². The first-order valence-electron chi connectivity index (χ1n) is 6.25. The molecule has 0 saturated carbocycles. The number of carbonyl (C=O) groups is 1. The number of benzene rings is 1. The van der Waals surface area contributed by atoms with E-state index in [2.05, 4.69) is 0 Å². The van der Waals surface area contributed by atoms with Crippen LogP contribution in [0.5, 0.6) is 0 Å². The van der Waals surface area contributed by atoms with Gasteiger partial charge in [0.2, 0.25) is 5.82 Å². The first-order valence-corrected chi connectivity index (χ1v) is 6.25. The van der Waals surface area contributed by atoms with Crippen molar-refractivity contribution in [2.45, 2.75) is 32.2 Å². The van der Waals surface area contributed by atoms with E-state index in [0.717, 1.165) is 31.4 Å². The second-order valence-electron chi connectivity index (χ2n) is 4.77. The van der Waals surface area contributed by atoms with Crippen LogP contribution in [0.1, 0.15) is 36.5 Å². The van der Waals surface area contributed by atoms with Gasteiger partial charge in [-0.1, -0.05) is 0 Å². The van der Waals surface area contributed by atoms with Crippen molar-refractivity contribution in [2.24, 2.45) is 0 Å². The summed E-state index contributed by atoms with van der Waals surface area (Å²) >= 11 is 0. The van der Waals surface area contributed by atoms with E-state index in [1.54, 1.807) is 4.90 Å². The zero-order valence-corrected chi connectivity index (χ0v) is 10.6. The Labute approximate surface area is 110 Å². The van der Waals surface area contributed by atoms with Crippen molar-refractivity contribution in [3.05, 3.63) is 39.7 Å². The van der Waals surface area contributed by atoms with E-state index in [0.29, 0.717) is 6.54 Å². The lowest BCUT2D eigenvalue weighted by Crippen LogP contribution is -2.42. The highest BCUT2D eigenvalue weighted by Gasteiger charge is 2.26. The lowest BCUT2D eigenvalue weighted by Gasteiger charge is -2.33. The summed E-state index contributed by atoms with van der Waals surface area (Å²) in [5.74, 6) is -1.19. The van der Waals surface area contributed by atoms with E-state index in [1.165, 1.54) is 6.07 Å². The smallest absolute Gasteiger partial charge is 0.305 e. The highest BCUT2D eigenvalue weighted by molar-refractivity contribution is 5.95. The number of piperidine rings is 1. The molecule has 19 heavy (non-hydrogen) atoms. The highest BCUT2D eigenvalue weighted by Crippen LogP contribution is 2.23. The van der Waals surface area contributed by atoms with Crippen molar-refractivity contribution >= 4 is 11.6 Å². The Morgan fingerprint density at radius 3 is 2.84 bits per heavy atom. The maximum absolute atomic E-state index is 13.2. The largest absolute Gasteiger partial charge is 0.336 e. The quantitative estimate of drug-likeness (QED) is 0.610. The predicted octanol–water partition coefficient (Wildman–Crippen LogP) is 2.75. The molecule has 1 unspecified atom stereocenters. The standard InChI is InChI=1S/C13H15FN2O3/c1-9-4-2-3-7-15(9)13(17)10-5-6-11(14)12(8-10)16(18)19/h5-6,8-9H,2-4,7H2,1H3. The third-order valence-electron chi connectivity index (χ3n) is 3.45. The number of hydrogen-bond donors (Lipinski definition) is 0. The third kappa shape index (κ3) is 2.72. The number of hydrogen-bond acceptors (Lipinski definition) is 3. The van der Waals surface area contributed by atoms with Gasteiger partial charge in [-0.05, 0) is 38.3 Å². The monoisotopic (exact) mass is 266 g/mol. The molecule has 1 aromatic rings. The molecule has 0 N–H and O–H groups in total. The zero-order valence-electron chi connectivity index (χ0n) is 10.6. The number of nitro groups is 1. The van der Waals surface area contributed by atoms with Gasteiger partial charge in [-0.3, -0.25) is 14.9 Å². The van der Waals surface area contributed by atoms with E-state index < -0.39 is 16.4 Å². The van der Waals surface area contributed by atoms with Crippen molar-refractivity contribution in [1.29, 1.82) is 0 Å². The van der Waals surface area contributed by atoms with Crippen molar-refractivity contribution < 1.29 is 14.1 Å². The summed E-state index contributed by atoms with van der Waals surface area (Å²) in [5.41, 5.74) is -0.489. The van der Waals surface area contributed by atoms with Crippen LogP contribution >= 0.6 is 0 Å². The van der Waals surface area contributed by atoms with E-state index in [1.807, 2.05) is 6.92 Å². The SMILES string of the molecule is CC1CCCCN1C(=O)c1ccc(F)c([N+](=O)[O-])c1. The van der Waals surface area contributed by atoms with Gasteiger partial charge in [0.15, 0.2) is 0 Å². The van der Waals surface area contributed by atoms with Crippen LogP contribution < -0.4 is 0 Å². The molecule has 0 aromatic heterocycles. The second-order valence-corrected chi connectivity index (χ2v) is 4.77. The molecule has 6 heteroatoms. The van der Waals surface area contributed by atoms with Crippen molar-refractivity contribution in [3.8, 4) is 0 Å². The molecular weight excluding hydrogens is 251 g/mol. The fourth-order valence-electron chi connectivity index (χ4n) is 2.35. The molecule has 0 bridgehead atoms. The Bertz CT molecular complexity index is 519. The Kier molecular flexibility index (Phi) is 3.78. The van der Waals surface area contributed by atoms with E-state index in [9.17, 15) is 19.3 Å². The van der Waals surface area contributed by atoms with E-state index in [4.69, 9.17) is 0 Å². The summed E-state index contributed by atoms with van der Waals surface area (Å²) in [6.45, 7) is 2.60. The average Bonchev–Trinajstić information content (AvgIpc) is 2.38. The lowest BCUT2D eigenvalue weighted by molar-refractivity contribution is -0.387. The normalized spacial score (nSPS) is 19.3. The maximum Gasteiger partial charge on any atom is 0.305 e. The molecule has 1 heterocycles. The molecule has 102 valence electrons. The molecular formula is C13H15FN2O3. The van der Waals surface area contributed by atoms with Crippen LogP contribution in [0.4, 0.5) is 10.1 Å². The number of amides is 1. The lowest BCUT2D eigenvalue weighted by atomic mass is 10.0. The molecule has 0 radical (unpaired) electrons. The highest BCUT2D eigenvalue weighted by atomic mass is 19.1. The predicted molar refractivity (Wildman–Crippen MR) is 67.4 cm³/mol. The van der Waals surface area contributed by atoms with Crippen molar-refractivity contribution in [3.63, 3.8) is 0 Å². The van der Waals surface area contributed by atoms with Crippen LogP contribution in [0.15, 0.2) is 18.2 Å². The third-order valence-corrected chi connectivity index (χ3v) is 3.45. The van der Waals surface area contributed by atoms with Crippen LogP contribution in [0, 0.1) is 15.9 Å². The molecule has 0 aliphatic carbocycles. The summed E-state index contributed by atoms with van der Waals surface area (Å²) in [4.78, 5) is 23.8. The second kappa shape index (κ2) is 5.34. The summed E-state index contributed by atoms with van der Waals surface area (Å²) in [7, 11) is 0. The maximum atomic E-state index is 13.2. The zero-order chi connectivity index (χ0) is 14.0. The first-order chi connectivity index (χ1) is 9.00. The van der Waals surface area contributed by atoms with Crippen molar-refractivity contribution in [2.75, 3.05) is 6.54 Å². The Hall–Kier alpha value is -1.98. The Morgan fingerprint density at radius 2 is 2.21 bits per heavy atom. The van der Waals surface area contributed by atoms with Crippen LogP contribution in [-0.2, 0) is 0 Å². The fourth-order valence-corrected chi connectivity index (χ4v) is 2.35. The minimum absolute atomic E-state index is 0.116. The Morgan fingerprint density at radius 1 is 1.47 bits per heavy atom. The Balaban J connectivity index is 2.28. The molecule has 1 amide bonds. The molecule has 1 fully saturated rings. The van der Waals surface area contributed by atoms with E-state index >= 15 is 0 Å². The molecule has 0 spiro atoms. The van der Waals surface area contributed by atoms with Gasteiger partial charge in [0.1, 0.15) is 0 Å². The van der Waals surface area contributed by atoms with Crippen LogP contribution in [0.2, 0.25) is 0 Å². The molecule has 1 atom stereocenters. The minimum Gasteiger partial charge on any atom is -0.336 e. The number of nitro benzene ring substituents is 1. The molecule has 1 saturated heterocycles. The number of nitrogens with zero attached hydrogens (tertiary/aromatic N) is 2. The summed E-state index contributed by atoms with van der Waals surface area (Å²) in [5, 5.41) is 10.7. The van der Waals surface area contributed by atoms with Gasteiger partial charge in [-0.2, -0.15) is 4.39 Å². The average molecular weight is 266 g/mol. The van der Waals surface area contributed by atoms with Gasteiger partial charge >= 0.3 is 5.69 Å². The number of carbonyl (C=O) groups excluding carboxylic acids is 1.